The van der Waals surface area contributed by atoms with Crippen LogP contribution in [0.2, 0.25) is 0 Å². The van der Waals surface area contributed by atoms with Crippen molar-refractivity contribution in [2.45, 2.75) is 13.3 Å². The minimum Gasteiger partial charge on any atom is -0.201 e. The first kappa shape index (κ1) is 14.9. The Kier molecular flexibility index (Phi) is 3.78. The lowest BCUT2D eigenvalue weighted by molar-refractivity contribution is -0.644. The summed E-state index contributed by atoms with van der Waals surface area (Å²) in [4.78, 5) is 0. The number of fused-ring (bicyclic) bond motifs is 1. The van der Waals surface area contributed by atoms with E-state index in [0.29, 0.717) is 5.92 Å². The molecule has 1 aliphatic rings. The zero-order valence-electron chi connectivity index (χ0n) is 14.2. The first-order valence-electron chi connectivity index (χ1n) is 8.59. The van der Waals surface area contributed by atoms with E-state index in [0.717, 1.165) is 6.42 Å². The second-order valence-electron chi connectivity index (χ2n) is 6.67. The number of benzene rings is 2. The van der Waals surface area contributed by atoms with E-state index in [4.69, 9.17) is 0 Å². The maximum absolute atomic E-state index is 2.37. The van der Waals surface area contributed by atoms with Gasteiger partial charge in [0.05, 0.1) is 5.39 Å². The van der Waals surface area contributed by atoms with Gasteiger partial charge in [0.25, 0.3) is 0 Å². The van der Waals surface area contributed by atoms with E-state index < -0.39 is 0 Å². The van der Waals surface area contributed by atoms with E-state index >= 15 is 0 Å². The van der Waals surface area contributed by atoms with Gasteiger partial charge in [-0.1, -0.05) is 61.5 Å². The number of hydrogen-bond acceptors (Lipinski definition) is 0. The Morgan fingerprint density at radius 2 is 1.71 bits per heavy atom. The maximum Gasteiger partial charge on any atom is 0.212 e. The smallest absolute Gasteiger partial charge is 0.201 e. The van der Waals surface area contributed by atoms with Crippen molar-refractivity contribution < 1.29 is 4.57 Å². The van der Waals surface area contributed by atoms with Gasteiger partial charge in [-0.3, -0.25) is 0 Å². The van der Waals surface area contributed by atoms with E-state index in [1.54, 1.807) is 0 Å². The summed E-state index contributed by atoms with van der Waals surface area (Å²) < 4.78 is 2.17. The molecular formula is C23H22N+. The number of aryl methyl sites for hydroxylation is 1. The Morgan fingerprint density at radius 1 is 0.917 bits per heavy atom. The van der Waals surface area contributed by atoms with Crippen LogP contribution in [0.3, 0.4) is 0 Å². The fourth-order valence-corrected chi connectivity index (χ4v) is 3.51. The molecule has 118 valence electrons. The Labute approximate surface area is 143 Å². The Bertz CT molecular complexity index is 945. The third kappa shape index (κ3) is 2.67. The van der Waals surface area contributed by atoms with Gasteiger partial charge in [-0.05, 0) is 40.7 Å². The Morgan fingerprint density at radius 3 is 2.50 bits per heavy atom. The number of hydrogen-bond donors (Lipinski definition) is 0. The molecule has 2 aromatic carbocycles. The molecule has 0 aliphatic heterocycles. The molecule has 0 bridgehead atoms. The molecule has 0 spiro atoms. The number of allylic oxidation sites excluding steroid dienone is 4. The number of rotatable bonds is 2. The van der Waals surface area contributed by atoms with Crippen molar-refractivity contribution in [1.29, 1.82) is 0 Å². The van der Waals surface area contributed by atoms with Gasteiger partial charge in [-0.15, -0.1) is 0 Å². The molecule has 1 aliphatic carbocycles. The van der Waals surface area contributed by atoms with E-state index in [9.17, 15) is 0 Å². The van der Waals surface area contributed by atoms with Gasteiger partial charge >= 0.3 is 0 Å². The molecule has 0 saturated carbocycles. The molecule has 0 fully saturated rings. The molecule has 1 heterocycles. The lowest BCUT2D eigenvalue weighted by atomic mass is 9.92. The number of nitrogens with zero attached hydrogens (tertiary/aromatic N) is 1. The van der Waals surface area contributed by atoms with Gasteiger partial charge in [0.2, 0.25) is 5.52 Å². The zero-order valence-corrected chi connectivity index (χ0v) is 14.2. The predicted octanol–water partition coefficient (Wildman–Crippen LogP) is 5.31. The van der Waals surface area contributed by atoms with E-state index in [-0.39, 0.29) is 0 Å². The zero-order chi connectivity index (χ0) is 16.5. The fraction of sp³-hybridized carbons (Fsp3) is 0.174. The van der Waals surface area contributed by atoms with Crippen LogP contribution in [-0.2, 0) is 7.05 Å². The molecule has 4 rings (SSSR count). The van der Waals surface area contributed by atoms with Crippen LogP contribution in [0.15, 0.2) is 79.0 Å². The summed E-state index contributed by atoms with van der Waals surface area (Å²) in [6.45, 7) is 2.27. The SMILES string of the molecule is CC1C=C(c2ccc(-c3cccc4c3ccc[n+]4C)cc2)C=CC1. The highest BCUT2D eigenvalue weighted by atomic mass is 14.9. The second kappa shape index (κ2) is 6.09. The topological polar surface area (TPSA) is 3.88 Å². The molecule has 0 saturated heterocycles. The molecular weight excluding hydrogens is 290 g/mol. The van der Waals surface area contributed by atoms with Crippen molar-refractivity contribution in [3.05, 3.63) is 84.6 Å². The van der Waals surface area contributed by atoms with E-state index in [2.05, 4.69) is 97.6 Å². The average molecular weight is 312 g/mol. The Balaban J connectivity index is 1.76. The first-order chi connectivity index (χ1) is 11.7. The number of pyridine rings is 1. The molecule has 3 aromatic rings. The van der Waals surface area contributed by atoms with Crippen molar-refractivity contribution in [2.24, 2.45) is 13.0 Å². The monoisotopic (exact) mass is 312 g/mol. The highest BCUT2D eigenvalue weighted by Gasteiger charge is 2.10. The van der Waals surface area contributed by atoms with Crippen LogP contribution >= 0.6 is 0 Å². The van der Waals surface area contributed by atoms with Gasteiger partial charge in [0.15, 0.2) is 6.20 Å². The molecule has 1 heteroatoms. The molecule has 1 unspecified atom stereocenters. The summed E-state index contributed by atoms with van der Waals surface area (Å²) in [5.74, 6) is 0.628. The normalized spacial score (nSPS) is 17.1. The van der Waals surface area contributed by atoms with Crippen LogP contribution in [0.25, 0.3) is 27.6 Å². The summed E-state index contributed by atoms with van der Waals surface area (Å²) in [7, 11) is 2.10. The molecule has 0 N–H and O–H groups in total. The standard InChI is InChI=1S/C23H22N/c1-17-6-3-7-20(16-17)18-11-13-19(14-12-18)21-8-4-10-23-22(21)9-5-15-24(23)2/h3-5,7-17H,6H2,1-2H3/q+1. The second-order valence-corrected chi connectivity index (χ2v) is 6.67. The van der Waals surface area contributed by atoms with Crippen molar-refractivity contribution in [3.63, 3.8) is 0 Å². The van der Waals surface area contributed by atoms with Gasteiger partial charge in [-0.2, -0.15) is 0 Å². The van der Waals surface area contributed by atoms with Gasteiger partial charge in [-0.25, -0.2) is 4.57 Å². The van der Waals surface area contributed by atoms with Crippen molar-refractivity contribution in [2.75, 3.05) is 0 Å². The van der Waals surface area contributed by atoms with Crippen LogP contribution in [0, 0.1) is 5.92 Å². The van der Waals surface area contributed by atoms with Gasteiger partial charge in [0.1, 0.15) is 7.05 Å². The highest BCUT2D eigenvalue weighted by Crippen LogP contribution is 2.30. The highest BCUT2D eigenvalue weighted by molar-refractivity contribution is 5.93. The molecule has 0 amide bonds. The van der Waals surface area contributed by atoms with E-state index in [1.807, 2.05) is 0 Å². The van der Waals surface area contributed by atoms with Crippen LogP contribution in [0.1, 0.15) is 18.9 Å². The van der Waals surface area contributed by atoms with Gasteiger partial charge in [0, 0.05) is 12.1 Å². The van der Waals surface area contributed by atoms with E-state index in [1.165, 1.54) is 33.2 Å². The lowest BCUT2D eigenvalue weighted by Gasteiger charge is -2.13. The minimum atomic E-state index is 0.628. The molecule has 1 aromatic heterocycles. The van der Waals surface area contributed by atoms with Crippen LogP contribution in [0.4, 0.5) is 0 Å². The van der Waals surface area contributed by atoms with Crippen molar-refractivity contribution in [1.82, 2.24) is 0 Å². The summed E-state index contributed by atoms with van der Waals surface area (Å²) in [5.41, 5.74) is 6.45. The van der Waals surface area contributed by atoms with Gasteiger partial charge < -0.3 is 0 Å². The molecule has 1 nitrogen and oxygen atoms in total. The predicted molar refractivity (Wildman–Crippen MR) is 101 cm³/mol. The largest absolute Gasteiger partial charge is 0.212 e. The third-order valence-electron chi connectivity index (χ3n) is 4.83. The average Bonchev–Trinajstić information content (AvgIpc) is 2.62. The van der Waals surface area contributed by atoms with Crippen LogP contribution in [-0.4, -0.2) is 0 Å². The number of aromatic nitrogens is 1. The summed E-state index contributed by atoms with van der Waals surface area (Å²) in [6.07, 6.45) is 10.1. The molecule has 24 heavy (non-hydrogen) atoms. The third-order valence-corrected chi connectivity index (χ3v) is 4.83. The quantitative estimate of drug-likeness (QED) is 0.565. The van der Waals surface area contributed by atoms with Crippen molar-refractivity contribution >= 4 is 16.5 Å². The first-order valence-corrected chi connectivity index (χ1v) is 8.59. The summed E-state index contributed by atoms with van der Waals surface area (Å²) >= 11 is 0. The Hall–Kier alpha value is -2.67. The summed E-state index contributed by atoms with van der Waals surface area (Å²) in [6, 6.07) is 19.8. The molecule has 0 radical (unpaired) electrons. The minimum absolute atomic E-state index is 0.628. The van der Waals surface area contributed by atoms with Crippen molar-refractivity contribution in [3.8, 4) is 11.1 Å². The molecule has 1 atom stereocenters. The van der Waals surface area contributed by atoms with Crippen LogP contribution in [0.5, 0.6) is 0 Å². The lowest BCUT2D eigenvalue weighted by Crippen LogP contribution is -2.27. The van der Waals surface area contributed by atoms with Crippen LogP contribution < -0.4 is 4.57 Å². The summed E-state index contributed by atoms with van der Waals surface area (Å²) in [5, 5.41) is 1.29. The fourth-order valence-electron chi connectivity index (χ4n) is 3.51. The maximum atomic E-state index is 2.37.